The summed E-state index contributed by atoms with van der Waals surface area (Å²) in [5.74, 6) is -1.12. The van der Waals surface area contributed by atoms with Crippen molar-refractivity contribution in [2.45, 2.75) is 109 Å². The minimum atomic E-state index is -1.14. The Morgan fingerprint density at radius 3 is 1.55 bits per heavy atom. The van der Waals surface area contributed by atoms with Crippen molar-refractivity contribution in [3.63, 3.8) is 0 Å². The van der Waals surface area contributed by atoms with Gasteiger partial charge in [-0.1, -0.05) is 90.4 Å². The second-order valence-corrected chi connectivity index (χ2v) is 6.46. The zero-order chi connectivity index (χ0) is 16.6. The maximum absolute atomic E-state index is 10.6. The molecule has 0 aliphatic rings. The van der Waals surface area contributed by atoms with Gasteiger partial charge in [-0.3, -0.25) is 4.79 Å². The first-order valence-electron chi connectivity index (χ1n) is 9.26. The van der Waals surface area contributed by atoms with Gasteiger partial charge in [0, 0.05) is 0 Å². The molecule has 0 saturated heterocycles. The SMILES string of the molecule is CCCCCCCCCCCCCCCC(O)C(N)C(=O)O. The topological polar surface area (TPSA) is 83.5 Å². The monoisotopic (exact) mass is 315 g/mol. The van der Waals surface area contributed by atoms with Gasteiger partial charge in [0.15, 0.2) is 0 Å². The van der Waals surface area contributed by atoms with Crippen LogP contribution in [0, 0.1) is 0 Å². The average molecular weight is 315 g/mol. The number of rotatable bonds is 16. The summed E-state index contributed by atoms with van der Waals surface area (Å²) in [6.45, 7) is 2.25. The number of aliphatic hydroxyl groups excluding tert-OH is 1. The van der Waals surface area contributed by atoms with Crippen LogP contribution in [-0.2, 0) is 4.79 Å². The molecule has 0 aromatic rings. The normalized spacial score (nSPS) is 14.0. The van der Waals surface area contributed by atoms with Crippen LogP contribution in [0.2, 0.25) is 0 Å². The van der Waals surface area contributed by atoms with Crippen LogP contribution < -0.4 is 5.73 Å². The lowest BCUT2D eigenvalue weighted by Crippen LogP contribution is -2.41. The minimum Gasteiger partial charge on any atom is -0.480 e. The Morgan fingerprint density at radius 2 is 1.18 bits per heavy atom. The van der Waals surface area contributed by atoms with Crippen molar-refractivity contribution in [1.82, 2.24) is 0 Å². The quantitative estimate of drug-likeness (QED) is 0.372. The summed E-state index contributed by atoms with van der Waals surface area (Å²) in [6, 6.07) is -1.14. The van der Waals surface area contributed by atoms with E-state index in [4.69, 9.17) is 10.8 Å². The Kier molecular flexibility index (Phi) is 14.9. The molecule has 0 spiro atoms. The van der Waals surface area contributed by atoms with Gasteiger partial charge in [0.2, 0.25) is 0 Å². The van der Waals surface area contributed by atoms with E-state index in [1.54, 1.807) is 0 Å². The van der Waals surface area contributed by atoms with Gasteiger partial charge < -0.3 is 15.9 Å². The number of carbonyl (C=O) groups is 1. The van der Waals surface area contributed by atoms with Crippen LogP contribution >= 0.6 is 0 Å². The molecule has 0 aliphatic heterocycles. The molecule has 0 saturated carbocycles. The molecule has 2 atom stereocenters. The first-order chi connectivity index (χ1) is 10.6. The lowest BCUT2D eigenvalue weighted by Gasteiger charge is -2.14. The molecule has 132 valence electrons. The summed E-state index contributed by atoms with van der Waals surface area (Å²) >= 11 is 0. The van der Waals surface area contributed by atoms with Crippen LogP contribution in [0.3, 0.4) is 0 Å². The van der Waals surface area contributed by atoms with Crippen LogP contribution in [0.4, 0.5) is 0 Å². The van der Waals surface area contributed by atoms with E-state index in [0.717, 1.165) is 12.8 Å². The first kappa shape index (κ1) is 21.4. The largest absolute Gasteiger partial charge is 0.480 e. The van der Waals surface area contributed by atoms with Crippen LogP contribution in [0.1, 0.15) is 96.8 Å². The Bertz CT molecular complexity index is 259. The fraction of sp³-hybridized carbons (Fsp3) is 0.944. The third kappa shape index (κ3) is 13.1. The molecule has 0 amide bonds. The maximum Gasteiger partial charge on any atom is 0.323 e. The highest BCUT2D eigenvalue weighted by Gasteiger charge is 2.20. The molecule has 4 N–H and O–H groups in total. The highest BCUT2D eigenvalue weighted by atomic mass is 16.4. The van der Waals surface area contributed by atoms with Crippen molar-refractivity contribution < 1.29 is 15.0 Å². The number of unbranched alkanes of at least 4 members (excludes halogenated alkanes) is 12. The number of aliphatic hydroxyl groups is 1. The lowest BCUT2D eigenvalue weighted by molar-refractivity contribution is -0.141. The zero-order valence-electron chi connectivity index (χ0n) is 14.4. The number of carboxylic acid groups (broad SMARTS) is 1. The van der Waals surface area contributed by atoms with E-state index < -0.39 is 18.1 Å². The van der Waals surface area contributed by atoms with Crippen LogP contribution in [0.25, 0.3) is 0 Å². The fourth-order valence-corrected chi connectivity index (χ4v) is 2.72. The van der Waals surface area contributed by atoms with Gasteiger partial charge in [-0.25, -0.2) is 0 Å². The third-order valence-electron chi connectivity index (χ3n) is 4.30. The van der Waals surface area contributed by atoms with E-state index in [9.17, 15) is 9.90 Å². The summed E-state index contributed by atoms with van der Waals surface area (Å²) in [6.07, 6.45) is 16.2. The molecule has 4 nitrogen and oxygen atoms in total. The van der Waals surface area contributed by atoms with Gasteiger partial charge in [-0.05, 0) is 6.42 Å². The molecule has 4 heteroatoms. The van der Waals surface area contributed by atoms with Crippen molar-refractivity contribution in [3.8, 4) is 0 Å². The predicted octanol–water partition coefficient (Wildman–Crippen LogP) is 4.24. The van der Waals surface area contributed by atoms with Crippen LogP contribution in [-0.4, -0.2) is 28.3 Å². The second kappa shape index (κ2) is 15.3. The molecule has 22 heavy (non-hydrogen) atoms. The highest BCUT2D eigenvalue weighted by molar-refractivity contribution is 5.73. The van der Waals surface area contributed by atoms with Crippen LogP contribution in [0.15, 0.2) is 0 Å². The molecule has 0 bridgehead atoms. The summed E-state index contributed by atoms with van der Waals surface area (Å²) in [7, 11) is 0. The van der Waals surface area contributed by atoms with Gasteiger partial charge in [-0.2, -0.15) is 0 Å². The van der Waals surface area contributed by atoms with Crippen molar-refractivity contribution in [1.29, 1.82) is 0 Å². The van der Waals surface area contributed by atoms with Crippen molar-refractivity contribution in [3.05, 3.63) is 0 Å². The molecular formula is C18H37NO3. The molecule has 0 aliphatic carbocycles. The minimum absolute atomic E-state index is 0.491. The first-order valence-corrected chi connectivity index (χ1v) is 9.26. The fourth-order valence-electron chi connectivity index (χ4n) is 2.72. The van der Waals surface area contributed by atoms with Crippen molar-refractivity contribution in [2.75, 3.05) is 0 Å². The number of carboxylic acids is 1. The molecule has 0 radical (unpaired) electrons. The van der Waals surface area contributed by atoms with Gasteiger partial charge in [0.25, 0.3) is 0 Å². The smallest absolute Gasteiger partial charge is 0.323 e. The standard InChI is InChI=1S/C18H37NO3/c1-2-3-4-5-6-7-8-9-10-11-12-13-14-15-16(20)17(19)18(21)22/h16-17,20H,2-15,19H2,1H3,(H,21,22). The molecule has 0 aromatic carbocycles. The van der Waals surface area contributed by atoms with Gasteiger partial charge in [-0.15, -0.1) is 0 Å². The third-order valence-corrected chi connectivity index (χ3v) is 4.30. The van der Waals surface area contributed by atoms with E-state index >= 15 is 0 Å². The Labute approximate surface area is 136 Å². The maximum atomic E-state index is 10.6. The number of nitrogens with two attached hydrogens (primary N) is 1. The molecule has 0 rings (SSSR count). The van der Waals surface area contributed by atoms with Crippen LogP contribution in [0.5, 0.6) is 0 Å². The Hall–Kier alpha value is -0.610. The predicted molar refractivity (Wildman–Crippen MR) is 91.9 cm³/mol. The second-order valence-electron chi connectivity index (χ2n) is 6.46. The summed E-state index contributed by atoms with van der Waals surface area (Å²) < 4.78 is 0. The molecule has 0 fully saturated rings. The van der Waals surface area contributed by atoms with Gasteiger partial charge in [0.1, 0.15) is 6.04 Å². The highest BCUT2D eigenvalue weighted by Crippen LogP contribution is 2.13. The van der Waals surface area contributed by atoms with Crippen molar-refractivity contribution >= 4 is 5.97 Å². The number of aliphatic carboxylic acids is 1. The van der Waals surface area contributed by atoms with E-state index in [0.29, 0.717) is 6.42 Å². The van der Waals surface area contributed by atoms with E-state index in [2.05, 4.69) is 6.92 Å². The molecule has 0 aromatic heterocycles. The summed E-state index contributed by atoms with van der Waals surface area (Å²) in [5, 5.41) is 18.2. The van der Waals surface area contributed by atoms with E-state index in [-0.39, 0.29) is 0 Å². The summed E-state index contributed by atoms with van der Waals surface area (Å²) in [5.41, 5.74) is 5.36. The van der Waals surface area contributed by atoms with E-state index in [1.165, 1.54) is 70.6 Å². The lowest BCUT2D eigenvalue weighted by atomic mass is 10.0. The Morgan fingerprint density at radius 1 is 0.818 bits per heavy atom. The summed E-state index contributed by atoms with van der Waals surface area (Å²) in [4.78, 5) is 10.6. The van der Waals surface area contributed by atoms with Gasteiger partial charge >= 0.3 is 5.97 Å². The zero-order valence-corrected chi connectivity index (χ0v) is 14.4. The number of hydrogen-bond donors (Lipinski definition) is 3. The molecule has 2 unspecified atom stereocenters. The molecular weight excluding hydrogens is 278 g/mol. The molecule has 0 heterocycles. The van der Waals surface area contributed by atoms with Gasteiger partial charge in [0.05, 0.1) is 6.10 Å². The van der Waals surface area contributed by atoms with Crippen molar-refractivity contribution in [2.24, 2.45) is 5.73 Å². The van der Waals surface area contributed by atoms with E-state index in [1.807, 2.05) is 0 Å². The number of hydrogen-bond acceptors (Lipinski definition) is 3. The Balaban J connectivity index is 3.19. The average Bonchev–Trinajstić information content (AvgIpc) is 2.50.